The molecule has 0 saturated heterocycles. The number of imidazole rings is 1. The van der Waals surface area contributed by atoms with Gasteiger partial charge >= 0.3 is 0 Å². The monoisotopic (exact) mass is 341 g/mol. The lowest BCUT2D eigenvalue weighted by molar-refractivity contribution is 0.317. The molecule has 0 radical (unpaired) electrons. The van der Waals surface area contributed by atoms with Gasteiger partial charge in [-0.1, -0.05) is 6.92 Å². The normalized spacial score (nSPS) is 14.1. The zero-order valence-corrected chi connectivity index (χ0v) is 14.9. The molecule has 0 bridgehead atoms. The number of benzene rings is 1. The van der Waals surface area contributed by atoms with Crippen molar-refractivity contribution in [3.05, 3.63) is 40.5 Å². The summed E-state index contributed by atoms with van der Waals surface area (Å²) in [5.74, 6) is 0.910. The van der Waals surface area contributed by atoms with E-state index in [2.05, 4.69) is 23.5 Å². The van der Waals surface area contributed by atoms with Crippen molar-refractivity contribution in [2.24, 2.45) is 5.73 Å². The Balaban J connectivity index is 1.75. The molecule has 1 aliphatic rings. The molecular formula is C19H23N3OS. The molecule has 1 aromatic carbocycles. The van der Waals surface area contributed by atoms with Gasteiger partial charge in [0.2, 0.25) is 0 Å². The summed E-state index contributed by atoms with van der Waals surface area (Å²) in [7, 11) is 0. The fourth-order valence-electron chi connectivity index (χ4n) is 3.44. The fourth-order valence-corrected chi connectivity index (χ4v) is 4.67. The number of thiazole rings is 1. The molecule has 2 aromatic heterocycles. The van der Waals surface area contributed by atoms with Crippen molar-refractivity contribution in [2.75, 3.05) is 6.61 Å². The smallest absolute Gasteiger partial charge is 0.194 e. The van der Waals surface area contributed by atoms with Crippen LogP contribution in [0.4, 0.5) is 0 Å². The fraction of sp³-hybridized carbons (Fsp3) is 0.421. The van der Waals surface area contributed by atoms with Crippen molar-refractivity contribution >= 4 is 16.3 Å². The second-order valence-electron chi connectivity index (χ2n) is 6.28. The van der Waals surface area contributed by atoms with Crippen LogP contribution in [0.25, 0.3) is 16.2 Å². The molecule has 0 spiro atoms. The third-order valence-corrected chi connectivity index (χ3v) is 5.75. The second kappa shape index (κ2) is 6.57. The molecular weight excluding hydrogens is 318 g/mol. The van der Waals surface area contributed by atoms with Gasteiger partial charge in [0.05, 0.1) is 18.0 Å². The maximum absolute atomic E-state index is 6.11. The van der Waals surface area contributed by atoms with Crippen LogP contribution in [0.3, 0.4) is 0 Å². The highest BCUT2D eigenvalue weighted by Gasteiger charge is 2.22. The van der Waals surface area contributed by atoms with E-state index in [0.717, 1.165) is 47.1 Å². The topological polar surface area (TPSA) is 52.5 Å². The minimum atomic E-state index is 0.508. The summed E-state index contributed by atoms with van der Waals surface area (Å²) in [5.41, 5.74) is 10.8. The predicted octanol–water partition coefficient (Wildman–Crippen LogP) is 4.19. The predicted molar refractivity (Wildman–Crippen MR) is 98.8 cm³/mol. The Kier molecular flexibility index (Phi) is 4.29. The number of ether oxygens (including phenoxy) is 1. The van der Waals surface area contributed by atoms with Crippen molar-refractivity contribution in [3.8, 4) is 17.0 Å². The van der Waals surface area contributed by atoms with Crippen molar-refractivity contribution in [3.63, 3.8) is 0 Å². The quantitative estimate of drug-likeness (QED) is 0.757. The lowest BCUT2D eigenvalue weighted by Gasteiger charge is -2.12. The van der Waals surface area contributed by atoms with Gasteiger partial charge in [0.25, 0.3) is 0 Å². The molecule has 0 unspecified atom stereocenters. The first-order chi connectivity index (χ1) is 11.8. The third kappa shape index (κ3) is 2.62. The van der Waals surface area contributed by atoms with Crippen LogP contribution >= 0.6 is 11.3 Å². The van der Waals surface area contributed by atoms with Gasteiger partial charge in [-0.2, -0.15) is 0 Å². The summed E-state index contributed by atoms with van der Waals surface area (Å²) in [6.45, 7) is 3.37. The van der Waals surface area contributed by atoms with Crippen molar-refractivity contribution in [1.82, 2.24) is 9.38 Å². The van der Waals surface area contributed by atoms with Crippen LogP contribution < -0.4 is 10.5 Å². The van der Waals surface area contributed by atoms with Crippen molar-refractivity contribution < 1.29 is 4.74 Å². The number of nitrogens with zero attached hydrogens (tertiary/aromatic N) is 2. The van der Waals surface area contributed by atoms with Gasteiger partial charge in [0.15, 0.2) is 4.96 Å². The molecule has 0 aliphatic heterocycles. The average molecular weight is 341 g/mol. The van der Waals surface area contributed by atoms with Gasteiger partial charge in [-0.15, -0.1) is 11.3 Å². The van der Waals surface area contributed by atoms with Gasteiger partial charge in [-0.05, 0) is 56.4 Å². The van der Waals surface area contributed by atoms with E-state index in [-0.39, 0.29) is 0 Å². The summed E-state index contributed by atoms with van der Waals surface area (Å²) in [6, 6.07) is 8.22. The number of rotatable bonds is 5. The minimum Gasteiger partial charge on any atom is -0.494 e. The van der Waals surface area contributed by atoms with Crippen LogP contribution in [-0.4, -0.2) is 16.0 Å². The third-order valence-electron chi connectivity index (χ3n) is 4.61. The number of nitrogens with two attached hydrogens (primary N) is 1. The zero-order valence-electron chi connectivity index (χ0n) is 14.0. The van der Waals surface area contributed by atoms with E-state index >= 15 is 0 Å². The van der Waals surface area contributed by atoms with E-state index in [0.29, 0.717) is 6.54 Å². The molecule has 5 heteroatoms. The van der Waals surface area contributed by atoms with Crippen molar-refractivity contribution in [1.29, 1.82) is 0 Å². The van der Waals surface area contributed by atoms with Gasteiger partial charge in [0.1, 0.15) is 5.75 Å². The Hall–Kier alpha value is -1.85. The molecule has 3 aromatic rings. The highest BCUT2D eigenvalue weighted by Crippen LogP contribution is 2.35. The summed E-state index contributed by atoms with van der Waals surface area (Å²) in [4.78, 5) is 7.49. The first-order valence-electron chi connectivity index (χ1n) is 8.77. The Bertz CT molecular complexity index is 848. The lowest BCUT2D eigenvalue weighted by Crippen LogP contribution is -2.08. The molecule has 0 atom stereocenters. The first-order valence-corrected chi connectivity index (χ1v) is 9.58. The maximum atomic E-state index is 6.11. The van der Waals surface area contributed by atoms with E-state index in [4.69, 9.17) is 15.5 Å². The molecule has 0 fully saturated rings. The van der Waals surface area contributed by atoms with E-state index in [1.54, 1.807) is 0 Å². The number of hydrogen-bond acceptors (Lipinski definition) is 4. The van der Waals surface area contributed by atoms with E-state index in [9.17, 15) is 0 Å². The highest BCUT2D eigenvalue weighted by molar-refractivity contribution is 7.17. The maximum Gasteiger partial charge on any atom is 0.194 e. The van der Waals surface area contributed by atoms with Gasteiger partial charge in [-0.3, -0.25) is 4.40 Å². The SMILES string of the molecule is CCCOc1ccc(-c2nc3sc4c(n3c2CN)CCCC4)cc1. The van der Waals surface area contributed by atoms with Crippen LogP contribution in [0, 0.1) is 0 Å². The molecule has 126 valence electrons. The number of aryl methyl sites for hydroxylation is 2. The van der Waals surface area contributed by atoms with Crippen LogP contribution in [0.1, 0.15) is 42.5 Å². The van der Waals surface area contributed by atoms with Crippen LogP contribution in [0.2, 0.25) is 0 Å². The molecule has 24 heavy (non-hydrogen) atoms. The molecule has 2 N–H and O–H groups in total. The molecule has 0 saturated carbocycles. The number of fused-ring (bicyclic) bond motifs is 3. The summed E-state index contributed by atoms with van der Waals surface area (Å²) in [6.07, 6.45) is 5.90. The zero-order chi connectivity index (χ0) is 16.5. The summed E-state index contributed by atoms with van der Waals surface area (Å²) in [5, 5.41) is 0. The minimum absolute atomic E-state index is 0.508. The van der Waals surface area contributed by atoms with Crippen LogP contribution in [-0.2, 0) is 19.4 Å². The van der Waals surface area contributed by atoms with Gasteiger partial charge in [0, 0.05) is 22.7 Å². The van der Waals surface area contributed by atoms with E-state index < -0.39 is 0 Å². The first kappa shape index (κ1) is 15.7. The molecule has 0 amide bonds. The number of aromatic nitrogens is 2. The largest absolute Gasteiger partial charge is 0.494 e. The summed E-state index contributed by atoms with van der Waals surface area (Å²) < 4.78 is 7.99. The Morgan fingerprint density at radius 1 is 1.21 bits per heavy atom. The second-order valence-corrected chi connectivity index (χ2v) is 7.34. The molecule has 2 heterocycles. The van der Waals surface area contributed by atoms with Crippen molar-refractivity contribution in [2.45, 2.75) is 45.6 Å². The molecule has 4 nitrogen and oxygen atoms in total. The van der Waals surface area contributed by atoms with E-state index in [1.807, 2.05) is 23.5 Å². The number of hydrogen-bond donors (Lipinski definition) is 1. The van der Waals surface area contributed by atoms with Crippen LogP contribution in [0.5, 0.6) is 5.75 Å². The molecule has 1 aliphatic carbocycles. The van der Waals surface area contributed by atoms with E-state index in [1.165, 1.54) is 29.8 Å². The lowest BCUT2D eigenvalue weighted by atomic mass is 10.0. The van der Waals surface area contributed by atoms with Gasteiger partial charge in [-0.25, -0.2) is 4.98 Å². The Morgan fingerprint density at radius 3 is 2.75 bits per heavy atom. The highest BCUT2D eigenvalue weighted by atomic mass is 32.1. The van der Waals surface area contributed by atoms with Crippen LogP contribution in [0.15, 0.2) is 24.3 Å². The Morgan fingerprint density at radius 2 is 2.00 bits per heavy atom. The standard InChI is InChI=1S/C19H23N3OS/c1-2-11-23-14-9-7-13(8-10-14)18-16(12-20)22-15-5-3-4-6-17(15)24-19(22)21-18/h7-10H,2-6,11-12,20H2,1H3. The Labute approximate surface area is 146 Å². The average Bonchev–Trinajstić information content (AvgIpc) is 3.16. The summed E-state index contributed by atoms with van der Waals surface area (Å²) >= 11 is 1.83. The molecule has 4 rings (SSSR count). The van der Waals surface area contributed by atoms with Gasteiger partial charge < -0.3 is 10.5 Å².